The van der Waals surface area contributed by atoms with Crippen molar-refractivity contribution in [3.63, 3.8) is 0 Å². The summed E-state index contributed by atoms with van der Waals surface area (Å²) in [6, 6.07) is 6.82. The summed E-state index contributed by atoms with van der Waals surface area (Å²) in [6.07, 6.45) is 8.09. The SMILES string of the molecule is CC(C)NC(=O)NCc1ccc(C(=O)NNC(=O)CC23CC4CC(CC(C4)C2)C3)cc1. The lowest BCUT2D eigenvalue weighted by Gasteiger charge is -2.56. The molecule has 0 heterocycles. The summed E-state index contributed by atoms with van der Waals surface area (Å²) in [5.74, 6) is 1.98. The average Bonchev–Trinajstić information content (AvgIpc) is 2.69. The molecule has 0 saturated heterocycles. The number of hydrogen-bond donors (Lipinski definition) is 4. The standard InChI is InChI=1S/C24H34N4O3/c1-15(2)26-23(31)25-14-16-3-5-20(6-4-16)22(30)28-27-21(29)13-24-10-17-7-18(11-24)9-19(8-17)12-24/h3-6,15,17-19H,7-14H2,1-2H3,(H,27,29)(H,28,30)(H2,25,26,31). The van der Waals surface area contributed by atoms with Crippen LogP contribution in [0.1, 0.15) is 74.7 Å². The number of nitrogens with one attached hydrogen (secondary N) is 4. The molecule has 1 aromatic carbocycles. The molecule has 0 radical (unpaired) electrons. The van der Waals surface area contributed by atoms with Crippen molar-refractivity contribution in [2.45, 2.75) is 71.4 Å². The van der Waals surface area contributed by atoms with Crippen LogP contribution in [0.4, 0.5) is 4.79 Å². The van der Waals surface area contributed by atoms with Crippen molar-refractivity contribution in [1.82, 2.24) is 21.5 Å². The van der Waals surface area contributed by atoms with Crippen molar-refractivity contribution >= 4 is 17.8 Å². The Labute approximate surface area is 184 Å². The predicted molar refractivity (Wildman–Crippen MR) is 118 cm³/mol. The minimum Gasteiger partial charge on any atom is -0.336 e. The Morgan fingerprint density at radius 2 is 1.52 bits per heavy atom. The van der Waals surface area contributed by atoms with Gasteiger partial charge in [-0.05, 0) is 93.2 Å². The van der Waals surface area contributed by atoms with Crippen molar-refractivity contribution in [2.24, 2.45) is 23.2 Å². The zero-order chi connectivity index (χ0) is 22.0. The first-order valence-electron chi connectivity index (χ1n) is 11.5. The number of hydrazine groups is 1. The van der Waals surface area contributed by atoms with Gasteiger partial charge in [0.1, 0.15) is 0 Å². The zero-order valence-electron chi connectivity index (χ0n) is 18.5. The number of rotatable bonds is 6. The normalized spacial score (nSPS) is 28.3. The molecule has 0 spiro atoms. The number of carbonyl (C=O) groups is 3. The second-order valence-corrected chi connectivity index (χ2v) is 10.3. The van der Waals surface area contributed by atoms with Crippen LogP contribution in [0.15, 0.2) is 24.3 Å². The van der Waals surface area contributed by atoms with E-state index in [1.165, 1.54) is 38.5 Å². The summed E-state index contributed by atoms with van der Waals surface area (Å²) in [5.41, 5.74) is 6.69. The summed E-state index contributed by atoms with van der Waals surface area (Å²) in [7, 11) is 0. The Balaban J connectivity index is 1.22. The molecule has 0 aromatic heterocycles. The fourth-order valence-corrected chi connectivity index (χ4v) is 6.36. The summed E-state index contributed by atoms with van der Waals surface area (Å²) in [4.78, 5) is 36.6. The smallest absolute Gasteiger partial charge is 0.315 e. The van der Waals surface area contributed by atoms with Gasteiger partial charge in [-0.15, -0.1) is 0 Å². The molecular formula is C24H34N4O3. The summed E-state index contributed by atoms with van der Waals surface area (Å²) < 4.78 is 0. The Morgan fingerprint density at radius 1 is 0.935 bits per heavy atom. The topological polar surface area (TPSA) is 99.3 Å². The van der Waals surface area contributed by atoms with Gasteiger partial charge in [-0.2, -0.15) is 0 Å². The highest BCUT2D eigenvalue weighted by Crippen LogP contribution is 2.61. The molecular weight excluding hydrogens is 392 g/mol. The predicted octanol–water partition coefficient (Wildman–Crippen LogP) is 3.26. The van der Waals surface area contributed by atoms with Gasteiger partial charge in [-0.25, -0.2) is 4.79 Å². The van der Waals surface area contributed by atoms with Crippen molar-refractivity contribution in [3.05, 3.63) is 35.4 Å². The largest absolute Gasteiger partial charge is 0.336 e. The van der Waals surface area contributed by atoms with Crippen molar-refractivity contribution in [3.8, 4) is 0 Å². The molecule has 7 heteroatoms. The van der Waals surface area contributed by atoms with Crippen LogP contribution in [-0.4, -0.2) is 23.9 Å². The second-order valence-electron chi connectivity index (χ2n) is 10.3. The molecule has 4 amide bonds. The molecule has 0 atom stereocenters. The van der Waals surface area contributed by atoms with Gasteiger partial charge < -0.3 is 10.6 Å². The molecule has 0 unspecified atom stereocenters. The Bertz CT molecular complexity index is 798. The third kappa shape index (κ3) is 5.38. The molecule has 5 rings (SSSR count). The van der Waals surface area contributed by atoms with E-state index in [4.69, 9.17) is 0 Å². The molecule has 4 saturated carbocycles. The molecule has 4 bridgehead atoms. The van der Waals surface area contributed by atoms with Crippen molar-refractivity contribution in [2.75, 3.05) is 0 Å². The second kappa shape index (κ2) is 8.89. The summed E-state index contributed by atoms with van der Waals surface area (Å²) in [6.45, 7) is 4.17. The Morgan fingerprint density at radius 3 is 2.06 bits per heavy atom. The summed E-state index contributed by atoms with van der Waals surface area (Å²) in [5, 5.41) is 5.54. The average molecular weight is 427 g/mol. The van der Waals surface area contributed by atoms with Gasteiger partial charge in [0.25, 0.3) is 5.91 Å². The number of urea groups is 1. The van der Waals surface area contributed by atoms with E-state index in [-0.39, 0.29) is 29.3 Å². The lowest BCUT2D eigenvalue weighted by molar-refractivity contribution is -0.130. The third-order valence-corrected chi connectivity index (χ3v) is 7.11. The highest BCUT2D eigenvalue weighted by Gasteiger charge is 2.51. The maximum absolute atomic E-state index is 12.6. The van der Waals surface area contributed by atoms with Gasteiger partial charge in [0, 0.05) is 24.6 Å². The van der Waals surface area contributed by atoms with E-state index < -0.39 is 0 Å². The van der Waals surface area contributed by atoms with E-state index in [1.54, 1.807) is 24.3 Å². The van der Waals surface area contributed by atoms with E-state index in [9.17, 15) is 14.4 Å². The number of benzene rings is 1. The number of carbonyl (C=O) groups excluding carboxylic acids is 3. The minimum atomic E-state index is -0.337. The molecule has 168 valence electrons. The van der Waals surface area contributed by atoms with Gasteiger partial charge in [-0.1, -0.05) is 12.1 Å². The molecule has 31 heavy (non-hydrogen) atoms. The number of amides is 4. The van der Waals surface area contributed by atoms with E-state index >= 15 is 0 Å². The van der Waals surface area contributed by atoms with Crippen LogP contribution >= 0.6 is 0 Å². The third-order valence-electron chi connectivity index (χ3n) is 7.11. The molecule has 4 N–H and O–H groups in total. The zero-order valence-corrected chi connectivity index (χ0v) is 18.5. The fraction of sp³-hybridized carbons (Fsp3) is 0.625. The quantitative estimate of drug-likeness (QED) is 0.526. The molecule has 1 aromatic rings. The van der Waals surface area contributed by atoms with Crippen LogP contribution in [0.3, 0.4) is 0 Å². The highest BCUT2D eigenvalue weighted by molar-refractivity contribution is 5.95. The monoisotopic (exact) mass is 426 g/mol. The van der Waals surface area contributed by atoms with Gasteiger partial charge in [0.2, 0.25) is 5.91 Å². The first kappa shape index (κ1) is 21.7. The Kier molecular flexibility index (Phi) is 6.21. The van der Waals surface area contributed by atoms with Gasteiger partial charge in [0.15, 0.2) is 0 Å². The van der Waals surface area contributed by atoms with E-state index in [0.717, 1.165) is 23.3 Å². The van der Waals surface area contributed by atoms with Crippen LogP contribution in [0.5, 0.6) is 0 Å². The van der Waals surface area contributed by atoms with Gasteiger partial charge >= 0.3 is 6.03 Å². The maximum Gasteiger partial charge on any atom is 0.315 e. The molecule has 4 aliphatic carbocycles. The van der Waals surface area contributed by atoms with Crippen molar-refractivity contribution in [1.29, 1.82) is 0 Å². The first-order valence-corrected chi connectivity index (χ1v) is 11.5. The molecule has 4 fully saturated rings. The summed E-state index contributed by atoms with van der Waals surface area (Å²) >= 11 is 0. The van der Waals surface area contributed by atoms with E-state index in [2.05, 4.69) is 21.5 Å². The van der Waals surface area contributed by atoms with Crippen LogP contribution < -0.4 is 21.5 Å². The highest BCUT2D eigenvalue weighted by atomic mass is 16.2. The van der Waals surface area contributed by atoms with E-state index in [0.29, 0.717) is 18.5 Å². The maximum atomic E-state index is 12.6. The lowest BCUT2D eigenvalue weighted by Crippen LogP contribution is -2.50. The number of hydrogen-bond acceptors (Lipinski definition) is 3. The molecule has 0 aliphatic heterocycles. The van der Waals surface area contributed by atoms with Gasteiger partial charge in [0.05, 0.1) is 0 Å². The fourth-order valence-electron chi connectivity index (χ4n) is 6.36. The minimum absolute atomic E-state index is 0.0734. The Hall–Kier alpha value is -2.57. The first-order chi connectivity index (χ1) is 14.8. The molecule has 4 aliphatic rings. The van der Waals surface area contributed by atoms with Crippen LogP contribution in [-0.2, 0) is 11.3 Å². The van der Waals surface area contributed by atoms with E-state index in [1.807, 2.05) is 13.8 Å². The van der Waals surface area contributed by atoms with Crippen LogP contribution in [0.2, 0.25) is 0 Å². The lowest BCUT2D eigenvalue weighted by atomic mass is 9.49. The van der Waals surface area contributed by atoms with Crippen LogP contribution in [0, 0.1) is 23.2 Å². The van der Waals surface area contributed by atoms with Crippen molar-refractivity contribution < 1.29 is 14.4 Å². The molecule has 7 nitrogen and oxygen atoms in total. The van der Waals surface area contributed by atoms with Gasteiger partial charge in [-0.3, -0.25) is 20.4 Å². The van der Waals surface area contributed by atoms with Crippen LogP contribution in [0.25, 0.3) is 0 Å².